The van der Waals surface area contributed by atoms with E-state index in [1.165, 1.54) is 12.1 Å². The molecular formula is C12H16FNO. The van der Waals surface area contributed by atoms with E-state index in [1.807, 2.05) is 6.92 Å². The molecule has 2 N–H and O–H groups in total. The average molecular weight is 209 g/mol. The third kappa shape index (κ3) is 3.80. The molecule has 15 heavy (non-hydrogen) atoms. The fourth-order valence-corrected chi connectivity index (χ4v) is 1.41. The van der Waals surface area contributed by atoms with Gasteiger partial charge in [0.1, 0.15) is 5.82 Å². The minimum Gasteiger partial charge on any atom is -0.328 e. The van der Waals surface area contributed by atoms with Crippen molar-refractivity contribution in [1.82, 2.24) is 0 Å². The van der Waals surface area contributed by atoms with Gasteiger partial charge >= 0.3 is 0 Å². The van der Waals surface area contributed by atoms with E-state index in [0.29, 0.717) is 12.8 Å². The summed E-state index contributed by atoms with van der Waals surface area (Å²) in [5.74, 6) is -0.586. The predicted octanol–water partition coefficient (Wildman–Crippen LogP) is 2.53. The number of Topliss-reactive ketones (excluding diaryl/α,β-unsaturated/α-hetero) is 1. The third-order valence-corrected chi connectivity index (χ3v) is 2.24. The lowest BCUT2D eigenvalue weighted by Crippen LogP contribution is -2.15. The second-order valence-electron chi connectivity index (χ2n) is 3.77. The maximum absolute atomic E-state index is 13.2. The van der Waals surface area contributed by atoms with Crippen LogP contribution in [0.15, 0.2) is 24.3 Å². The van der Waals surface area contributed by atoms with Crippen LogP contribution in [0.1, 0.15) is 36.5 Å². The first-order valence-electron chi connectivity index (χ1n) is 5.14. The van der Waals surface area contributed by atoms with E-state index in [2.05, 4.69) is 0 Å². The van der Waals surface area contributed by atoms with E-state index in [4.69, 9.17) is 5.73 Å². The number of halogens is 1. The van der Waals surface area contributed by atoms with Gasteiger partial charge in [0.15, 0.2) is 5.78 Å². The quantitative estimate of drug-likeness (QED) is 0.757. The molecule has 0 aromatic heterocycles. The van der Waals surface area contributed by atoms with E-state index >= 15 is 0 Å². The van der Waals surface area contributed by atoms with Gasteiger partial charge in [0.2, 0.25) is 0 Å². The van der Waals surface area contributed by atoms with Gasteiger partial charge in [-0.1, -0.05) is 12.1 Å². The summed E-state index contributed by atoms with van der Waals surface area (Å²) >= 11 is 0. The molecule has 2 nitrogen and oxygen atoms in total. The van der Waals surface area contributed by atoms with E-state index in [0.717, 1.165) is 6.42 Å². The van der Waals surface area contributed by atoms with Crippen LogP contribution < -0.4 is 5.73 Å². The summed E-state index contributed by atoms with van der Waals surface area (Å²) in [6.07, 6.45) is 1.87. The Bertz CT molecular complexity index is 336. The number of ketones is 1. The number of hydrogen-bond acceptors (Lipinski definition) is 2. The first kappa shape index (κ1) is 11.9. The summed E-state index contributed by atoms with van der Waals surface area (Å²) in [7, 11) is 0. The molecule has 0 aliphatic carbocycles. The fraction of sp³-hybridized carbons (Fsp3) is 0.417. The normalized spacial score (nSPS) is 12.5. The van der Waals surface area contributed by atoms with Crippen LogP contribution in [0.2, 0.25) is 0 Å². The second-order valence-corrected chi connectivity index (χ2v) is 3.77. The number of hydrogen-bond donors (Lipinski definition) is 1. The SMILES string of the molecule is CC(N)CCCC(=O)c1ccccc1F. The maximum atomic E-state index is 13.2. The molecule has 1 aromatic rings. The van der Waals surface area contributed by atoms with Crippen LogP contribution in [0.5, 0.6) is 0 Å². The van der Waals surface area contributed by atoms with E-state index < -0.39 is 5.82 Å². The zero-order valence-corrected chi connectivity index (χ0v) is 8.87. The Morgan fingerprint density at radius 3 is 2.73 bits per heavy atom. The zero-order valence-electron chi connectivity index (χ0n) is 8.87. The highest BCUT2D eigenvalue weighted by Crippen LogP contribution is 2.11. The van der Waals surface area contributed by atoms with Gasteiger partial charge in [-0.3, -0.25) is 4.79 Å². The van der Waals surface area contributed by atoms with Gasteiger partial charge < -0.3 is 5.73 Å². The largest absolute Gasteiger partial charge is 0.328 e. The monoisotopic (exact) mass is 209 g/mol. The summed E-state index contributed by atoms with van der Waals surface area (Å²) in [4.78, 5) is 11.6. The Balaban J connectivity index is 2.51. The smallest absolute Gasteiger partial charge is 0.165 e. The van der Waals surface area contributed by atoms with Crippen LogP contribution in [0.3, 0.4) is 0 Å². The molecule has 1 atom stereocenters. The van der Waals surface area contributed by atoms with Crippen LogP contribution in [0.25, 0.3) is 0 Å². The molecule has 1 unspecified atom stereocenters. The second kappa shape index (κ2) is 5.61. The lowest BCUT2D eigenvalue weighted by molar-refractivity contribution is 0.0975. The van der Waals surface area contributed by atoms with Crippen molar-refractivity contribution in [3.05, 3.63) is 35.6 Å². The highest BCUT2D eigenvalue weighted by atomic mass is 19.1. The highest BCUT2D eigenvalue weighted by molar-refractivity contribution is 5.96. The van der Waals surface area contributed by atoms with Crippen LogP contribution in [-0.2, 0) is 0 Å². The minimum atomic E-state index is -0.441. The van der Waals surface area contributed by atoms with Crippen LogP contribution in [-0.4, -0.2) is 11.8 Å². The summed E-state index contributed by atoms with van der Waals surface area (Å²) in [5.41, 5.74) is 5.74. The molecule has 0 radical (unpaired) electrons. The Kier molecular flexibility index (Phi) is 4.43. The molecule has 1 aromatic carbocycles. The van der Waals surface area contributed by atoms with Gasteiger partial charge in [0.05, 0.1) is 5.56 Å². The molecule has 0 spiro atoms. The third-order valence-electron chi connectivity index (χ3n) is 2.24. The average Bonchev–Trinajstić information content (AvgIpc) is 2.17. The molecule has 0 fully saturated rings. The molecule has 0 amide bonds. The van der Waals surface area contributed by atoms with Gasteiger partial charge in [-0.15, -0.1) is 0 Å². The van der Waals surface area contributed by atoms with Crippen molar-refractivity contribution in [2.75, 3.05) is 0 Å². The molecular weight excluding hydrogens is 193 g/mol. The van der Waals surface area contributed by atoms with Crippen molar-refractivity contribution in [3.63, 3.8) is 0 Å². The Morgan fingerprint density at radius 1 is 1.47 bits per heavy atom. The Morgan fingerprint density at radius 2 is 2.13 bits per heavy atom. The number of carbonyl (C=O) groups excluding carboxylic acids is 1. The van der Waals surface area contributed by atoms with Crippen molar-refractivity contribution in [1.29, 1.82) is 0 Å². The minimum absolute atomic E-state index is 0.0958. The number of carbonyl (C=O) groups is 1. The highest BCUT2D eigenvalue weighted by Gasteiger charge is 2.10. The molecule has 0 heterocycles. The van der Waals surface area contributed by atoms with Crippen molar-refractivity contribution < 1.29 is 9.18 Å². The maximum Gasteiger partial charge on any atom is 0.165 e. The zero-order chi connectivity index (χ0) is 11.3. The first-order valence-corrected chi connectivity index (χ1v) is 5.14. The molecule has 0 aliphatic heterocycles. The fourth-order valence-electron chi connectivity index (χ4n) is 1.41. The first-order chi connectivity index (χ1) is 7.11. The van der Waals surface area contributed by atoms with Crippen LogP contribution in [0, 0.1) is 5.82 Å². The molecule has 0 saturated heterocycles. The topological polar surface area (TPSA) is 43.1 Å². The van der Waals surface area contributed by atoms with E-state index in [9.17, 15) is 9.18 Å². The predicted molar refractivity (Wildman–Crippen MR) is 58.2 cm³/mol. The Labute approximate surface area is 89.3 Å². The van der Waals surface area contributed by atoms with Gasteiger partial charge in [0.25, 0.3) is 0 Å². The molecule has 1 rings (SSSR count). The molecule has 82 valence electrons. The van der Waals surface area contributed by atoms with Crippen molar-refractivity contribution in [3.8, 4) is 0 Å². The van der Waals surface area contributed by atoms with Crippen LogP contribution >= 0.6 is 0 Å². The van der Waals surface area contributed by atoms with Gasteiger partial charge in [-0.2, -0.15) is 0 Å². The lowest BCUT2D eigenvalue weighted by atomic mass is 10.0. The summed E-state index contributed by atoms with van der Waals surface area (Å²) in [6, 6.07) is 6.16. The molecule has 0 saturated carbocycles. The van der Waals surface area contributed by atoms with Crippen molar-refractivity contribution in [2.24, 2.45) is 5.73 Å². The van der Waals surface area contributed by atoms with Crippen molar-refractivity contribution >= 4 is 5.78 Å². The summed E-state index contributed by atoms with van der Waals surface area (Å²) in [5, 5.41) is 0. The molecule has 0 aliphatic rings. The van der Waals surface area contributed by atoms with Crippen molar-refractivity contribution in [2.45, 2.75) is 32.2 Å². The lowest BCUT2D eigenvalue weighted by Gasteiger charge is -2.04. The van der Waals surface area contributed by atoms with E-state index in [1.54, 1.807) is 12.1 Å². The molecule has 0 bridgehead atoms. The molecule has 3 heteroatoms. The van der Waals surface area contributed by atoms with Crippen LogP contribution in [0.4, 0.5) is 4.39 Å². The number of rotatable bonds is 5. The summed E-state index contributed by atoms with van der Waals surface area (Å²) in [6.45, 7) is 1.90. The van der Waals surface area contributed by atoms with E-state index in [-0.39, 0.29) is 17.4 Å². The summed E-state index contributed by atoms with van der Waals surface area (Å²) < 4.78 is 13.2. The number of nitrogens with two attached hydrogens (primary N) is 1. The number of benzene rings is 1. The standard InChI is InChI=1S/C12H16FNO/c1-9(14)5-4-8-12(15)10-6-2-3-7-11(10)13/h2-3,6-7,9H,4-5,8,14H2,1H3. The Hall–Kier alpha value is -1.22. The van der Waals surface area contributed by atoms with Gasteiger partial charge in [-0.25, -0.2) is 4.39 Å². The van der Waals surface area contributed by atoms with Gasteiger partial charge in [0, 0.05) is 12.5 Å². The van der Waals surface area contributed by atoms with Gasteiger partial charge in [-0.05, 0) is 31.9 Å².